The topological polar surface area (TPSA) is 61.4 Å². The summed E-state index contributed by atoms with van der Waals surface area (Å²) < 4.78 is 0. The van der Waals surface area contributed by atoms with Crippen molar-refractivity contribution in [3.8, 4) is 0 Å². The molecule has 1 aromatic rings. The van der Waals surface area contributed by atoms with Crippen LogP contribution in [0.4, 0.5) is 11.8 Å². The lowest BCUT2D eigenvalue weighted by molar-refractivity contribution is -0.127. The zero-order chi connectivity index (χ0) is 17.2. The minimum Gasteiger partial charge on any atom is -0.363 e. The lowest BCUT2D eigenvalue weighted by Crippen LogP contribution is -2.47. The van der Waals surface area contributed by atoms with Crippen molar-refractivity contribution < 1.29 is 4.79 Å². The van der Waals surface area contributed by atoms with E-state index >= 15 is 0 Å². The highest BCUT2D eigenvalue weighted by molar-refractivity contribution is 5.79. The third-order valence-electron chi connectivity index (χ3n) is 3.93. The summed E-state index contributed by atoms with van der Waals surface area (Å²) in [4.78, 5) is 25.6. The highest BCUT2D eigenvalue weighted by atomic mass is 16.2. The van der Waals surface area contributed by atoms with Crippen LogP contribution in [0, 0.1) is 12.8 Å². The van der Waals surface area contributed by atoms with Gasteiger partial charge in [-0.15, -0.1) is 0 Å². The first kappa shape index (κ1) is 17.5. The van der Waals surface area contributed by atoms with Crippen LogP contribution >= 0.6 is 0 Å². The number of anilines is 2. The molecule has 0 spiro atoms. The number of carbonyl (C=O) groups excluding carboxylic acids is 1. The molecule has 1 saturated heterocycles. The van der Waals surface area contributed by atoms with Gasteiger partial charge in [-0.2, -0.15) is 4.98 Å². The number of aryl methyl sites for hydroxylation is 1. The zero-order valence-corrected chi connectivity index (χ0v) is 15.2. The van der Waals surface area contributed by atoms with Crippen LogP contribution in [0.15, 0.2) is 6.07 Å². The molecule has 0 atom stereocenters. The van der Waals surface area contributed by atoms with Crippen LogP contribution in [0.2, 0.25) is 0 Å². The highest BCUT2D eigenvalue weighted by Crippen LogP contribution is 2.23. The van der Waals surface area contributed by atoms with Gasteiger partial charge in [-0.05, 0) is 40.5 Å². The summed E-state index contributed by atoms with van der Waals surface area (Å²) in [5.74, 6) is 1.93. The summed E-state index contributed by atoms with van der Waals surface area (Å²) >= 11 is 0. The molecule has 1 fully saturated rings. The van der Waals surface area contributed by atoms with Gasteiger partial charge in [-0.1, -0.05) is 0 Å². The summed E-state index contributed by atoms with van der Waals surface area (Å²) in [5.41, 5.74) is 0.792. The van der Waals surface area contributed by atoms with Gasteiger partial charge in [0.15, 0.2) is 0 Å². The maximum absolute atomic E-state index is 12.3. The van der Waals surface area contributed by atoms with Gasteiger partial charge < -0.3 is 15.1 Å². The molecule has 1 aliphatic heterocycles. The van der Waals surface area contributed by atoms with Crippen LogP contribution in [-0.2, 0) is 4.79 Å². The van der Waals surface area contributed by atoms with Gasteiger partial charge in [-0.25, -0.2) is 4.98 Å². The molecule has 1 aliphatic rings. The van der Waals surface area contributed by atoms with E-state index in [0.29, 0.717) is 0 Å². The average molecular weight is 319 g/mol. The van der Waals surface area contributed by atoms with E-state index in [0.717, 1.165) is 43.4 Å². The van der Waals surface area contributed by atoms with Gasteiger partial charge in [0.05, 0.1) is 0 Å². The second-order valence-electron chi connectivity index (χ2n) is 7.56. The van der Waals surface area contributed by atoms with Crippen LogP contribution in [0.25, 0.3) is 0 Å². The molecule has 0 bridgehead atoms. The van der Waals surface area contributed by atoms with E-state index in [1.165, 1.54) is 0 Å². The molecule has 6 heteroatoms. The lowest BCUT2D eigenvalue weighted by atomic mass is 9.94. The van der Waals surface area contributed by atoms with Crippen molar-refractivity contribution in [2.75, 3.05) is 37.0 Å². The number of aromatic nitrogens is 2. The number of hydrogen-bond donors (Lipinski definition) is 1. The van der Waals surface area contributed by atoms with Crippen LogP contribution in [0.5, 0.6) is 0 Å². The van der Waals surface area contributed by atoms with Crippen molar-refractivity contribution in [2.45, 2.75) is 46.1 Å². The Kier molecular flexibility index (Phi) is 5.12. The third kappa shape index (κ3) is 4.81. The first-order valence-electron chi connectivity index (χ1n) is 8.26. The van der Waals surface area contributed by atoms with Crippen LogP contribution < -0.4 is 15.1 Å². The molecule has 2 heterocycles. The first-order valence-corrected chi connectivity index (χ1v) is 8.26. The van der Waals surface area contributed by atoms with E-state index in [4.69, 9.17) is 0 Å². The van der Waals surface area contributed by atoms with E-state index < -0.39 is 0 Å². The first-order chi connectivity index (χ1) is 10.7. The molecule has 23 heavy (non-hydrogen) atoms. The molecule has 128 valence electrons. The van der Waals surface area contributed by atoms with Crippen molar-refractivity contribution in [1.82, 2.24) is 15.3 Å². The summed E-state index contributed by atoms with van der Waals surface area (Å²) in [6.45, 7) is 9.68. The molecule has 0 aromatic carbocycles. The number of carbonyl (C=O) groups is 1. The second-order valence-corrected chi connectivity index (χ2v) is 7.56. The summed E-state index contributed by atoms with van der Waals surface area (Å²) in [7, 11) is 3.96. The SMILES string of the molecule is Cc1cc(N(C)C)nc(N2CCC(C(=O)NC(C)(C)C)CC2)n1. The fraction of sp³-hybridized carbons (Fsp3) is 0.706. The normalized spacial score (nSPS) is 16.3. The fourth-order valence-electron chi connectivity index (χ4n) is 2.72. The van der Waals surface area contributed by atoms with Crippen LogP contribution in [-0.4, -0.2) is 48.6 Å². The molecule has 0 radical (unpaired) electrons. The maximum atomic E-state index is 12.3. The molecule has 2 rings (SSSR count). The molecule has 6 nitrogen and oxygen atoms in total. The molecule has 0 aliphatic carbocycles. The molecule has 1 amide bonds. The minimum atomic E-state index is -0.172. The summed E-state index contributed by atoms with van der Waals surface area (Å²) in [6.07, 6.45) is 1.69. The number of piperidine rings is 1. The van der Waals surface area contributed by atoms with Crippen LogP contribution in [0.3, 0.4) is 0 Å². The molecule has 0 saturated carbocycles. The van der Waals surface area contributed by atoms with Crippen molar-refractivity contribution in [2.24, 2.45) is 5.92 Å². The zero-order valence-electron chi connectivity index (χ0n) is 15.2. The van der Waals surface area contributed by atoms with Gasteiger partial charge >= 0.3 is 0 Å². The Bertz CT molecular complexity index is 557. The Morgan fingerprint density at radius 2 is 1.87 bits per heavy atom. The molecular formula is C17H29N5O. The van der Waals surface area contributed by atoms with Gasteiger partial charge in [0.1, 0.15) is 5.82 Å². The van der Waals surface area contributed by atoms with Gasteiger partial charge in [0.25, 0.3) is 0 Å². The fourth-order valence-corrected chi connectivity index (χ4v) is 2.72. The van der Waals surface area contributed by atoms with Crippen molar-refractivity contribution in [1.29, 1.82) is 0 Å². The largest absolute Gasteiger partial charge is 0.363 e. The highest BCUT2D eigenvalue weighted by Gasteiger charge is 2.28. The predicted molar refractivity (Wildman–Crippen MR) is 93.9 cm³/mol. The Labute approximate surface area is 139 Å². The standard InChI is InChI=1S/C17H29N5O/c1-12-11-14(21(5)6)19-16(18-12)22-9-7-13(8-10-22)15(23)20-17(2,3)4/h11,13H,7-10H2,1-6H3,(H,20,23). The van der Waals surface area contributed by atoms with E-state index in [1.807, 2.05) is 52.8 Å². The van der Waals surface area contributed by atoms with Crippen molar-refractivity contribution in [3.63, 3.8) is 0 Å². The Balaban J connectivity index is 2.01. The molecular weight excluding hydrogens is 290 g/mol. The van der Waals surface area contributed by atoms with E-state index in [-0.39, 0.29) is 17.4 Å². The van der Waals surface area contributed by atoms with E-state index in [1.54, 1.807) is 0 Å². The number of amides is 1. The number of rotatable bonds is 3. The van der Waals surface area contributed by atoms with E-state index in [9.17, 15) is 4.79 Å². The summed E-state index contributed by atoms with van der Waals surface area (Å²) in [6, 6.07) is 1.98. The molecule has 1 aromatic heterocycles. The summed E-state index contributed by atoms with van der Waals surface area (Å²) in [5, 5.41) is 3.08. The lowest BCUT2D eigenvalue weighted by Gasteiger charge is -2.33. The Morgan fingerprint density at radius 1 is 1.26 bits per heavy atom. The monoisotopic (exact) mass is 319 g/mol. The molecule has 1 N–H and O–H groups in total. The van der Waals surface area contributed by atoms with Crippen molar-refractivity contribution in [3.05, 3.63) is 11.8 Å². The Hall–Kier alpha value is -1.85. The van der Waals surface area contributed by atoms with Gasteiger partial charge in [0, 0.05) is 50.4 Å². The van der Waals surface area contributed by atoms with E-state index in [2.05, 4.69) is 20.2 Å². The molecule has 0 unspecified atom stereocenters. The van der Waals surface area contributed by atoms with Crippen molar-refractivity contribution >= 4 is 17.7 Å². The number of nitrogens with zero attached hydrogens (tertiary/aromatic N) is 4. The minimum absolute atomic E-state index is 0.0867. The Morgan fingerprint density at radius 3 is 2.39 bits per heavy atom. The predicted octanol–water partition coefficient (Wildman–Crippen LogP) is 1.98. The number of nitrogens with one attached hydrogen (secondary N) is 1. The number of hydrogen-bond acceptors (Lipinski definition) is 5. The average Bonchev–Trinajstić information content (AvgIpc) is 2.45. The smallest absolute Gasteiger partial charge is 0.227 e. The second kappa shape index (κ2) is 6.72. The quantitative estimate of drug-likeness (QED) is 0.923. The maximum Gasteiger partial charge on any atom is 0.227 e. The van der Waals surface area contributed by atoms with Gasteiger partial charge in [-0.3, -0.25) is 4.79 Å². The van der Waals surface area contributed by atoms with Gasteiger partial charge in [0.2, 0.25) is 11.9 Å². The third-order valence-corrected chi connectivity index (χ3v) is 3.93. The van der Waals surface area contributed by atoms with Crippen LogP contribution in [0.1, 0.15) is 39.3 Å².